The van der Waals surface area contributed by atoms with Crippen molar-refractivity contribution < 1.29 is 14.6 Å². The van der Waals surface area contributed by atoms with Crippen molar-refractivity contribution >= 4 is 23.2 Å². The Kier molecular flexibility index (Phi) is 6.10. The number of methoxy groups -OCH3 is 2. The molecule has 2 aromatic carbocycles. The highest BCUT2D eigenvalue weighted by molar-refractivity contribution is 5.90. The first kappa shape index (κ1) is 17.9. The van der Waals surface area contributed by atoms with Crippen LogP contribution < -0.4 is 9.47 Å². The van der Waals surface area contributed by atoms with E-state index in [4.69, 9.17) is 9.47 Å². The average Bonchev–Trinajstić information content (AvgIpc) is 3.07. The number of benzene rings is 2. The number of aliphatic hydroxyl groups is 1. The normalized spacial score (nSPS) is 14.7. The third-order valence-corrected chi connectivity index (χ3v) is 4.48. The summed E-state index contributed by atoms with van der Waals surface area (Å²) < 4.78 is 10.8. The van der Waals surface area contributed by atoms with E-state index >= 15 is 0 Å². The predicted molar refractivity (Wildman–Crippen MR) is 94.7 cm³/mol. The molecule has 0 spiro atoms. The average molecular weight is 338 g/mol. The summed E-state index contributed by atoms with van der Waals surface area (Å²) in [6, 6.07) is 8.08. The maximum atomic E-state index is 9.70. The topological polar surface area (TPSA) is 41.9 Å². The van der Waals surface area contributed by atoms with Gasteiger partial charge in [-0.15, -0.1) is 12.4 Å². The van der Waals surface area contributed by atoms with Crippen molar-refractivity contribution in [3.05, 3.63) is 35.4 Å². The Bertz CT molecular complexity index is 669. The molecule has 1 saturated heterocycles. The van der Waals surface area contributed by atoms with E-state index in [2.05, 4.69) is 4.90 Å². The molecule has 0 saturated carbocycles. The van der Waals surface area contributed by atoms with Gasteiger partial charge in [0.2, 0.25) is 0 Å². The Morgan fingerprint density at radius 3 is 2.30 bits per heavy atom. The van der Waals surface area contributed by atoms with Gasteiger partial charge in [-0.2, -0.15) is 0 Å². The predicted octanol–water partition coefficient (Wildman–Crippen LogP) is 3.37. The minimum atomic E-state index is 0. The summed E-state index contributed by atoms with van der Waals surface area (Å²) in [6.45, 7) is 3.21. The van der Waals surface area contributed by atoms with Crippen LogP contribution in [-0.2, 0) is 13.2 Å². The molecule has 1 fully saturated rings. The zero-order valence-corrected chi connectivity index (χ0v) is 14.5. The van der Waals surface area contributed by atoms with Gasteiger partial charge in [0.25, 0.3) is 0 Å². The van der Waals surface area contributed by atoms with Crippen LogP contribution in [0.25, 0.3) is 10.8 Å². The van der Waals surface area contributed by atoms with Gasteiger partial charge >= 0.3 is 0 Å². The van der Waals surface area contributed by atoms with Crippen molar-refractivity contribution in [2.24, 2.45) is 0 Å². The summed E-state index contributed by atoms with van der Waals surface area (Å²) in [5.41, 5.74) is 2.19. The third-order valence-electron chi connectivity index (χ3n) is 4.48. The molecule has 1 heterocycles. The van der Waals surface area contributed by atoms with E-state index in [0.717, 1.165) is 47.5 Å². The maximum Gasteiger partial charge on any atom is 0.161 e. The number of hydrogen-bond acceptors (Lipinski definition) is 4. The number of ether oxygens (including phenoxy) is 2. The van der Waals surface area contributed by atoms with Gasteiger partial charge in [0, 0.05) is 6.54 Å². The van der Waals surface area contributed by atoms with Crippen LogP contribution >= 0.6 is 12.4 Å². The van der Waals surface area contributed by atoms with Crippen LogP contribution in [0.4, 0.5) is 0 Å². The van der Waals surface area contributed by atoms with Gasteiger partial charge in [0.05, 0.1) is 20.8 Å². The summed E-state index contributed by atoms with van der Waals surface area (Å²) in [6.07, 6.45) is 2.52. The number of fused-ring (bicyclic) bond motifs is 1. The second-order valence-electron chi connectivity index (χ2n) is 5.77. The fourth-order valence-electron chi connectivity index (χ4n) is 3.26. The van der Waals surface area contributed by atoms with Gasteiger partial charge in [-0.05, 0) is 60.0 Å². The molecule has 0 aliphatic carbocycles. The van der Waals surface area contributed by atoms with Crippen molar-refractivity contribution in [3.63, 3.8) is 0 Å². The van der Waals surface area contributed by atoms with Crippen molar-refractivity contribution in [3.8, 4) is 11.5 Å². The highest BCUT2D eigenvalue weighted by atomic mass is 35.5. The molecule has 0 unspecified atom stereocenters. The van der Waals surface area contributed by atoms with Crippen LogP contribution in [0.2, 0.25) is 0 Å². The minimum absolute atomic E-state index is 0. The molecule has 0 atom stereocenters. The van der Waals surface area contributed by atoms with E-state index in [1.165, 1.54) is 18.4 Å². The molecule has 5 heteroatoms. The highest BCUT2D eigenvalue weighted by Gasteiger charge is 2.17. The van der Waals surface area contributed by atoms with E-state index in [9.17, 15) is 5.11 Å². The van der Waals surface area contributed by atoms with Crippen molar-refractivity contribution in [2.75, 3.05) is 27.3 Å². The summed E-state index contributed by atoms with van der Waals surface area (Å²) >= 11 is 0. The van der Waals surface area contributed by atoms with Crippen LogP contribution in [0.15, 0.2) is 24.3 Å². The second kappa shape index (κ2) is 7.86. The quantitative estimate of drug-likeness (QED) is 0.908. The van der Waals surface area contributed by atoms with Crippen LogP contribution in [0.5, 0.6) is 11.5 Å². The number of rotatable bonds is 5. The summed E-state index contributed by atoms with van der Waals surface area (Å²) in [4.78, 5) is 2.45. The summed E-state index contributed by atoms with van der Waals surface area (Å²) in [5, 5.41) is 12.0. The minimum Gasteiger partial charge on any atom is -0.493 e. The molecule has 4 nitrogen and oxygen atoms in total. The fourth-order valence-corrected chi connectivity index (χ4v) is 3.26. The Morgan fingerprint density at radius 1 is 1.04 bits per heavy atom. The van der Waals surface area contributed by atoms with Crippen LogP contribution in [-0.4, -0.2) is 37.3 Å². The molecule has 3 rings (SSSR count). The van der Waals surface area contributed by atoms with Crippen LogP contribution in [0.1, 0.15) is 24.0 Å². The Morgan fingerprint density at radius 2 is 1.70 bits per heavy atom. The second-order valence-corrected chi connectivity index (χ2v) is 5.77. The van der Waals surface area contributed by atoms with Crippen LogP contribution in [0, 0.1) is 0 Å². The van der Waals surface area contributed by atoms with Crippen molar-refractivity contribution in [1.29, 1.82) is 0 Å². The van der Waals surface area contributed by atoms with E-state index in [-0.39, 0.29) is 19.0 Å². The van der Waals surface area contributed by atoms with Gasteiger partial charge in [0.1, 0.15) is 0 Å². The monoisotopic (exact) mass is 337 g/mol. The lowest BCUT2D eigenvalue weighted by Crippen LogP contribution is -2.19. The smallest absolute Gasteiger partial charge is 0.161 e. The Balaban J connectivity index is 0.00000192. The molecular weight excluding hydrogens is 314 g/mol. The molecule has 0 bridgehead atoms. The lowest BCUT2D eigenvalue weighted by molar-refractivity contribution is 0.275. The van der Waals surface area contributed by atoms with Crippen molar-refractivity contribution in [1.82, 2.24) is 4.90 Å². The van der Waals surface area contributed by atoms with E-state index in [1.807, 2.05) is 24.3 Å². The highest BCUT2D eigenvalue weighted by Crippen LogP contribution is 2.35. The van der Waals surface area contributed by atoms with Gasteiger partial charge in [0.15, 0.2) is 11.5 Å². The summed E-state index contributed by atoms with van der Waals surface area (Å²) in [7, 11) is 3.30. The first-order valence-corrected chi connectivity index (χ1v) is 7.76. The van der Waals surface area contributed by atoms with Gasteiger partial charge in [-0.3, -0.25) is 4.90 Å². The molecular formula is C18H24ClNO3. The van der Waals surface area contributed by atoms with Gasteiger partial charge in [-0.1, -0.05) is 12.1 Å². The molecule has 1 aliphatic rings. The molecule has 1 N–H and O–H groups in total. The number of aliphatic hydroxyl groups excluding tert-OH is 1. The maximum absolute atomic E-state index is 9.70. The molecule has 126 valence electrons. The third kappa shape index (κ3) is 3.55. The van der Waals surface area contributed by atoms with Gasteiger partial charge < -0.3 is 14.6 Å². The van der Waals surface area contributed by atoms with Gasteiger partial charge in [-0.25, -0.2) is 0 Å². The molecule has 0 aromatic heterocycles. The first-order chi connectivity index (χ1) is 10.8. The number of likely N-dealkylation sites (tertiary alicyclic amines) is 1. The van der Waals surface area contributed by atoms with E-state index in [1.54, 1.807) is 14.2 Å². The fraction of sp³-hybridized carbons (Fsp3) is 0.444. The lowest BCUT2D eigenvalue weighted by atomic mass is 9.98. The molecule has 2 aromatic rings. The first-order valence-electron chi connectivity index (χ1n) is 7.76. The lowest BCUT2D eigenvalue weighted by Gasteiger charge is -2.20. The Labute approximate surface area is 143 Å². The number of halogens is 1. The SMILES string of the molecule is COc1cc2ccc(CO)c(CN3CCCC3)c2cc1OC.Cl. The standard InChI is InChI=1S/C18H23NO3.ClH/c1-21-17-9-13-5-6-14(12-20)16(11-19-7-3-4-8-19)15(13)10-18(17)22-2;/h5-6,9-10,20H,3-4,7-8,11-12H2,1-2H3;1H. The molecule has 0 radical (unpaired) electrons. The number of hydrogen-bond donors (Lipinski definition) is 1. The van der Waals surface area contributed by atoms with Crippen LogP contribution in [0.3, 0.4) is 0 Å². The molecule has 1 aliphatic heterocycles. The number of nitrogens with zero attached hydrogens (tertiary/aromatic N) is 1. The largest absolute Gasteiger partial charge is 0.493 e. The zero-order chi connectivity index (χ0) is 15.5. The van der Waals surface area contributed by atoms with E-state index in [0.29, 0.717) is 0 Å². The van der Waals surface area contributed by atoms with E-state index < -0.39 is 0 Å². The summed E-state index contributed by atoms with van der Waals surface area (Å²) in [5.74, 6) is 1.46. The zero-order valence-electron chi connectivity index (χ0n) is 13.7. The molecule has 23 heavy (non-hydrogen) atoms. The van der Waals surface area contributed by atoms with Crippen molar-refractivity contribution in [2.45, 2.75) is 26.0 Å². The Hall–Kier alpha value is -1.49. The molecule has 0 amide bonds.